The number of sulfonamides is 1. The molecule has 0 aliphatic rings. The molecule has 0 aromatic heterocycles. The Kier molecular flexibility index (Phi) is 7.55. The fourth-order valence-electron chi connectivity index (χ4n) is 3.15. The maximum Gasteiger partial charge on any atom is 0.416 e. The van der Waals surface area contributed by atoms with Gasteiger partial charge in [-0.15, -0.1) is 0 Å². The van der Waals surface area contributed by atoms with E-state index in [1.54, 1.807) is 12.1 Å². The number of carbonyl (C=O) groups is 1. The average Bonchev–Trinajstić information content (AvgIpc) is 2.77. The van der Waals surface area contributed by atoms with E-state index >= 15 is 0 Å². The van der Waals surface area contributed by atoms with Crippen LogP contribution in [0.4, 0.5) is 18.9 Å². The molecule has 3 aromatic carbocycles. The molecule has 9 heteroatoms. The second-order valence-electron chi connectivity index (χ2n) is 7.51. The van der Waals surface area contributed by atoms with E-state index in [4.69, 9.17) is 0 Å². The zero-order valence-corrected chi connectivity index (χ0v) is 18.7. The van der Waals surface area contributed by atoms with E-state index in [-0.39, 0.29) is 17.1 Å². The lowest BCUT2D eigenvalue weighted by Gasteiger charge is -2.22. The van der Waals surface area contributed by atoms with Crippen molar-refractivity contribution < 1.29 is 26.4 Å². The van der Waals surface area contributed by atoms with Crippen molar-refractivity contribution in [2.24, 2.45) is 0 Å². The molecule has 0 aliphatic carbocycles. The molecule has 0 heterocycles. The summed E-state index contributed by atoms with van der Waals surface area (Å²) in [4.78, 5) is 12.7. The first-order valence-electron chi connectivity index (χ1n) is 10.1. The molecule has 0 radical (unpaired) electrons. The Labute approximate surface area is 190 Å². The van der Waals surface area contributed by atoms with E-state index in [0.717, 1.165) is 39.7 Å². The van der Waals surface area contributed by atoms with Crippen molar-refractivity contribution in [3.8, 4) is 0 Å². The zero-order valence-electron chi connectivity index (χ0n) is 17.8. The van der Waals surface area contributed by atoms with E-state index in [1.165, 1.54) is 12.1 Å². The average molecular weight is 477 g/mol. The number of anilines is 1. The van der Waals surface area contributed by atoms with E-state index in [0.29, 0.717) is 6.42 Å². The van der Waals surface area contributed by atoms with E-state index < -0.39 is 34.2 Å². The highest BCUT2D eigenvalue weighted by Crippen LogP contribution is 2.29. The molecular weight excluding hydrogens is 453 g/mol. The van der Waals surface area contributed by atoms with Gasteiger partial charge in [-0.05, 0) is 55.3 Å². The number of rotatable bonds is 8. The molecule has 1 amide bonds. The molecular formula is C24H23F3N2O3S. The minimum Gasteiger partial charge on any atom is -0.325 e. The fraction of sp³-hybridized carbons (Fsp3) is 0.208. The van der Waals surface area contributed by atoms with Gasteiger partial charge in [-0.25, -0.2) is 8.42 Å². The van der Waals surface area contributed by atoms with Crippen molar-refractivity contribution >= 4 is 21.6 Å². The van der Waals surface area contributed by atoms with E-state index in [2.05, 4.69) is 5.32 Å². The lowest BCUT2D eigenvalue weighted by molar-refractivity contribution is -0.137. The third-order valence-electron chi connectivity index (χ3n) is 4.97. The molecule has 0 fully saturated rings. The third kappa shape index (κ3) is 6.66. The lowest BCUT2D eigenvalue weighted by Crippen LogP contribution is -2.39. The molecule has 174 valence electrons. The van der Waals surface area contributed by atoms with Crippen LogP contribution in [0.15, 0.2) is 83.8 Å². The van der Waals surface area contributed by atoms with Gasteiger partial charge in [-0.1, -0.05) is 48.0 Å². The molecule has 0 atom stereocenters. The van der Waals surface area contributed by atoms with Crippen LogP contribution in [-0.4, -0.2) is 31.7 Å². The maximum atomic E-state index is 13.2. The maximum absolute atomic E-state index is 13.2. The predicted octanol–water partition coefficient (Wildman–Crippen LogP) is 4.89. The van der Waals surface area contributed by atoms with Crippen LogP contribution in [0.2, 0.25) is 0 Å². The minimum atomic E-state index is -4.49. The van der Waals surface area contributed by atoms with Gasteiger partial charge in [0.1, 0.15) is 0 Å². The Morgan fingerprint density at radius 3 is 2.09 bits per heavy atom. The molecule has 0 saturated carbocycles. The van der Waals surface area contributed by atoms with Crippen molar-refractivity contribution in [1.29, 1.82) is 0 Å². The highest BCUT2D eigenvalue weighted by Gasteiger charge is 2.30. The van der Waals surface area contributed by atoms with Crippen LogP contribution in [0.3, 0.4) is 0 Å². The van der Waals surface area contributed by atoms with Gasteiger partial charge in [-0.3, -0.25) is 4.79 Å². The summed E-state index contributed by atoms with van der Waals surface area (Å²) >= 11 is 0. The van der Waals surface area contributed by atoms with Gasteiger partial charge < -0.3 is 5.32 Å². The number of hydrogen-bond acceptors (Lipinski definition) is 3. The zero-order chi connectivity index (χ0) is 24.1. The summed E-state index contributed by atoms with van der Waals surface area (Å²) < 4.78 is 65.7. The molecule has 3 aromatic rings. The molecule has 0 saturated heterocycles. The smallest absolute Gasteiger partial charge is 0.325 e. The topological polar surface area (TPSA) is 66.5 Å². The van der Waals surface area contributed by atoms with Crippen molar-refractivity contribution in [3.63, 3.8) is 0 Å². The Morgan fingerprint density at radius 2 is 1.52 bits per heavy atom. The van der Waals surface area contributed by atoms with Crippen molar-refractivity contribution in [2.75, 3.05) is 18.4 Å². The quantitative estimate of drug-likeness (QED) is 0.504. The van der Waals surface area contributed by atoms with Crippen molar-refractivity contribution in [1.82, 2.24) is 4.31 Å². The summed E-state index contributed by atoms with van der Waals surface area (Å²) in [5.74, 6) is -0.654. The number of alkyl halides is 3. The summed E-state index contributed by atoms with van der Waals surface area (Å²) in [7, 11) is -3.98. The third-order valence-corrected chi connectivity index (χ3v) is 6.83. The number of halogens is 3. The molecule has 0 aliphatic heterocycles. The number of hydrogen-bond donors (Lipinski definition) is 1. The standard InChI is InChI=1S/C24H23F3N2O3S/c1-18-7-13-22(14-8-18)33(31,32)29(16-15-19-5-3-2-4-6-19)17-23(30)28-21-11-9-20(10-12-21)24(25,26)27/h2-14H,15-17H2,1H3,(H,28,30). The van der Waals surface area contributed by atoms with Crippen LogP contribution in [0.1, 0.15) is 16.7 Å². The molecule has 0 unspecified atom stereocenters. The Hall–Kier alpha value is -3.17. The van der Waals surface area contributed by atoms with Gasteiger partial charge in [0.2, 0.25) is 15.9 Å². The molecule has 0 spiro atoms. The van der Waals surface area contributed by atoms with Gasteiger partial charge in [-0.2, -0.15) is 17.5 Å². The van der Waals surface area contributed by atoms with Gasteiger partial charge in [0.25, 0.3) is 0 Å². The fourth-order valence-corrected chi connectivity index (χ4v) is 4.54. The second kappa shape index (κ2) is 10.2. The Bertz CT molecular complexity index is 1180. The van der Waals surface area contributed by atoms with Crippen molar-refractivity contribution in [2.45, 2.75) is 24.4 Å². The Balaban J connectivity index is 1.78. The molecule has 5 nitrogen and oxygen atoms in total. The summed E-state index contributed by atoms with van der Waals surface area (Å²) in [5.41, 5.74) is 1.10. The van der Waals surface area contributed by atoms with E-state index in [9.17, 15) is 26.4 Å². The predicted molar refractivity (Wildman–Crippen MR) is 120 cm³/mol. The number of benzene rings is 3. The first-order chi connectivity index (χ1) is 15.6. The van der Waals surface area contributed by atoms with Gasteiger partial charge in [0, 0.05) is 12.2 Å². The number of nitrogens with zero attached hydrogens (tertiary/aromatic N) is 1. The second-order valence-corrected chi connectivity index (χ2v) is 9.45. The van der Waals surface area contributed by atoms with Gasteiger partial charge in [0.15, 0.2) is 0 Å². The first kappa shape index (κ1) is 24.5. The summed E-state index contributed by atoms with van der Waals surface area (Å²) in [5, 5.41) is 2.47. The first-order valence-corrected chi connectivity index (χ1v) is 11.6. The molecule has 33 heavy (non-hydrogen) atoms. The van der Waals surface area contributed by atoms with Crippen LogP contribution in [-0.2, 0) is 27.4 Å². The molecule has 1 N–H and O–H groups in total. The highest BCUT2D eigenvalue weighted by atomic mass is 32.2. The molecule has 0 bridgehead atoms. The van der Waals surface area contributed by atoms with Crippen LogP contribution in [0, 0.1) is 6.92 Å². The SMILES string of the molecule is Cc1ccc(S(=O)(=O)N(CCc2ccccc2)CC(=O)Nc2ccc(C(F)(F)F)cc2)cc1. The van der Waals surface area contributed by atoms with Gasteiger partial charge >= 0.3 is 6.18 Å². The van der Waals surface area contributed by atoms with Crippen LogP contribution in [0.25, 0.3) is 0 Å². The van der Waals surface area contributed by atoms with Crippen LogP contribution >= 0.6 is 0 Å². The molecule has 3 rings (SSSR count). The monoisotopic (exact) mass is 476 g/mol. The largest absolute Gasteiger partial charge is 0.416 e. The number of aryl methyl sites for hydroxylation is 1. The van der Waals surface area contributed by atoms with E-state index in [1.807, 2.05) is 37.3 Å². The normalized spacial score (nSPS) is 12.0. The number of nitrogens with one attached hydrogen (secondary N) is 1. The summed E-state index contributed by atoms with van der Waals surface area (Å²) in [6.07, 6.45) is -4.10. The Morgan fingerprint density at radius 1 is 0.909 bits per heavy atom. The summed E-state index contributed by atoms with van der Waals surface area (Å²) in [6.45, 7) is 1.41. The van der Waals surface area contributed by atoms with Crippen LogP contribution < -0.4 is 5.32 Å². The van der Waals surface area contributed by atoms with Crippen LogP contribution in [0.5, 0.6) is 0 Å². The van der Waals surface area contributed by atoms with Crippen molar-refractivity contribution in [3.05, 3.63) is 95.6 Å². The summed E-state index contributed by atoms with van der Waals surface area (Å²) in [6, 6.07) is 19.5. The number of carbonyl (C=O) groups excluding carboxylic acids is 1. The lowest BCUT2D eigenvalue weighted by atomic mass is 10.1. The number of amides is 1. The van der Waals surface area contributed by atoms with Gasteiger partial charge in [0.05, 0.1) is 17.0 Å². The minimum absolute atomic E-state index is 0.0562. The highest BCUT2D eigenvalue weighted by molar-refractivity contribution is 7.89.